The van der Waals surface area contributed by atoms with Gasteiger partial charge in [-0.2, -0.15) is 0 Å². The van der Waals surface area contributed by atoms with E-state index in [0.29, 0.717) is 9.90 Å². The third-order valence-electron chi connectivity index (χ3n) is 3.49. The van der Waals surface area contributed by atoms with Crippen LogP contribution in [0.5, 0.6) is 0 Å². The number of amides is 1. The van der Waals surface area contributed by atoms with Crippen LogP contribution in [0, 0.1) is 17.3 Å². The molecule has 0 spiro atoms. The molecule has 148 valence electrons. The first-order valence-corrected chi connectivity index (χ1v) is 9.89. The minimum atomic E-state index is -1.18. The first kappa shape index (κ1) is 22.3. The summed E-state index contributed by atoms with van der Waals surface area (Å²) < 4.78 is 0. The van der Waals surface area contributed by atoms with E-state index in [1.807, 2.05) is 20.8 Å². The lowest BCUT2D eigenvalue weighted by Crippen LogP contribution is -2.34. The Bertz CT molecular complexity index is 967. The second kappa shape index (κ2) is 8.97. The number of nitrogens with zero attached hydrogens (tertiary/aromatic N) is 1. The van der Waals surface area contributed by atoms with Crippen molar-refractivity contribution >= 4 is 52.1 Å². The Kier molecular flexibility index (Phi) is 7.13. The number of hydrogen-bond acceptors (Lipinski definition) is 4. The number of aliphatic hydroxyl groups excluding tert-OH is 1. The summed E-state index contributed by atoms with van der Waals surface area (Å²) in [5.74, 6) is 4.28. The number of aliphatic hydroxyl groups is 1. The lowest BCUT2D eigenvalue weighted by atomic mass is 9.98. The number of halogens is 2. The largest absolute Gasteiger partial charge is 0.477 e. The molecule has 2 aromatic rings. The highest BCUT2D eigenvalue weighted by Gasteiger charge is 2.26. The van der Waals surface area contributed by atoms with E-state index in [1.165, 1.54) is 23.1 Å². The lowest BCUT2D eigenvalue weighted by Gasteiger charge is -2.22. The van der Waals surface area contributed by atoms with Crippen LogP contribution in [0.3, 0.4) is 0 Å². The molecule has 28 heavy (non-hydrogen) atoms. The van der Waals surface area contributed by atoms with Crippen molar-refractivity contribution in [2.75, 3.05) is 18.1 Å². The average Bonchev–Trinajstić information content (AvgIpc) is 3.01. The molecule has 1 amide bonds. The Hall–Kier alpha value is -2.04. The molecule has 1 aromatic heterocycles. The molecule has 0 aliphatic heterocycles. The molecule has 0 unspecified atom stereocenters. The highest BCUT2D eigenvalue weighted by molar-refractivity contribution is 7.15. The summed E-state index contributed by atoms with van der Waals surface area (Å²) in [6, 6.07) is 5.96. The number of benzene rings is 1. The van der Waals surface area contributed by atoms with Crippen LogP contribution in [0.4, 0.5) is 5.69 Å². The normalized spacial score (nSPS) is 10.9. The smallest absolute Gasteiger partial charge is 0.348 e. The van der Waals surface area contributed by atoms with Gasteiger partial charge in [-0.1, -0.05) is 35.0 Å². The third-order valence-corrected chi connectivity index (χ3v) is 5.06. The first-order chi connectivity index (χ1) is 13.0. The molecule has 2 N–H and O–H groups in total. The molecule has 1 aromatic carbocycles. The van der Waals surface area contributed by atoms with Crippen LogP contribution in [0.25, 0.3) is 0 Å². The molecule has 0 bridgehead atoms. The number of hydrogen-bond donors (Lipinski definition) is 2. The van der Waals surface area contributed by atoms with Crippen molar-refractivity contribution in [2.45, 2.75) is 20.8 Å². The molecular formula is C20H19Cl2NO4S. The van der Waals surface area contributed by atoms with Crippen molar-refractivity contribution in [2.24, 2.45) is 5.41 Å². The lowest BCUT2D eigenvalue weighted by molar-refractivity contribution is 0.0703. The van der Waals surface area contributed by atoms with E-state index in [4.69, 9.17) is 23.2 Å². The van der Waals surface area contributed by atoms with Gasteiger partial charge < -0.3 is 15.1 Å². The van der Waals surface area contributed by atoms with Crippen molar-refractivity contribution in [1.82, 2.24) is 0 Å². The highest BCUT2D eigenvalue weighted by Crippen LogP contribution is 2.33. The topological polar surface area (TPSA) is 77.8 Å². The number of anilines is 1. The zero-order chi connectivity index (χ0) is 21.1. The molecule has 0 atom stereocenters. The Morgan fingerprint density at radius 2 is 1.89 bits per heavy atom. The van der Waals surface area contributed by atoms with Crippen LogP contribution in [0.1, 0.15) is 45.7 Å². The third kappa shape index (κ3) is 5.49. The number of carboxylic acid groups (broad SMARTS) is 1. The van der Waals surface area contributed by atoms with Crippen LogP contribution in [0.2, 0.25) is 10.0 Å². The van der Waals surface area contributed by atoms with Gasteiger partial charge in [0.15, 0.2) is 0 Å². The van der Waals surface area contributed by atoms with E-state index in [1.54, 1.807) is 6.07 Å². The zero-order valence-corrected chi connectivity index (χ0v) is 17.9. The van der Waals surface area contributed by atoms with E-state index in [0.717, 1.165) is 11.3 Å². The maximum absolute atomic E-state index is 13.0. The summed E-state index contributed by atoms with van der Waals surface area (Å²) in [6.45, 7) is 5.38. The summed E-state index contributed by atoms with van der Waals surface area (Å²) in [4.78, 5) is 26.4. The average molecular weight is 440 g/mol. The van der Waals surface area contributed by atoms with E-state index in [9.17, 15) is 19.8 Å². The summed E-state index contributed by atoms with van der Waals surface area (Å²) >= 11 is 13.0. The molecule has 0 fully saturated rings. The fourth-order valence-electron chi connectivity index (χ4n) is 2.29. The second-order valence-corrected chi connectivity index (χ2v) is 8.83. The molecule has 5 nitrogen and oxygen atoms in total. The van der Waals surface area contributed by atoms with E-state index in [2.05, 4.69) is 11.8 Å². The van der Waals surface area contributed by atoms with E-state index < -0.39 is 11.9 Å². The van der Waals surface area contributed by atoms with E-state index in [-0.39, 0.29) is 39.7 Å². The van der Waals surface area contributed by atoms with Crippen LogP contribution >= 0.6 is 34.5 Å². The number of carbonyl (C=O) groups is 2. The predicted octanol–water partition coefficient (Wildman–Crippen LogP) is 4.79. The summed E-state index contributed by atoms with van der Waals surface area (Å²) in [5, 5.41) is 19.5. The van der Waals surface area contributed by atoms with Crippen molar-refractivity contribution in [3.05, 3.63) is 49.6 Å². The fourth-order valence-corrected chi connectivity index (χ4v) is 3.63. The zero-order valence-electron chi connectivity index (χ0n) is 15.5. The van der Waals surface area contributed by atoms with Crippen molar-refractivity contribution in [3.63, 3.8) is 0 Å². The predicted molar refractivity (Wildman–Crippen MR) is 113 cm³/mol. The molecule has 0 saturated heterocycles. The molecule has 0 aliphatic carbocycles. The van der Waals surface area contributed by atoms with Gasteiger partial charge in [-0.3, -0.25) is 4.79 Å². The van der Waals surface area contributed by atoms with Gasteiger partial charge in [0.2, 0.25) is 0 Å². The number of thiophene rings is 1. The van der Waals surface area contributed by atoms with Gasteiger partial charge in [0.05, 0.1) is 27.8 Å². The van der Waals surface area contributed by atoms with Gasteiger partial charge in [-0.05, 0) is 45.0 Å². The summed E-state index contributed by atoms with van der Waals surface area (Å²) in [6.07, 6.45) is 0. The number of carboxylic acids is 1. The van der Waals surface area contributed by atoms with Gasteiger partial charge in [0.1, 0.15) is 4.88 Å². The highest BCUT2D eigenvalue weighted by atomic mass is 35.5. The van der Waals surface area contributed by atoms with Gasteiger partial charge >= 0.3 is 5.97 Å². The number of rotatable bonds is 5. The Labute approximate surface area is 177 Å². The van der Waals surface area contributed by atoms with Gasteiger partial charge in [-0.25, -0.2) is 4.79 Å². The summed E-state index contributed by atoms with van der Waals surface area (Å²) in [7, 11) is 0. The number of carbonyl (C=O) groups excluding carboxylic acids is 1. The van der Waals surface area contributed by atoms with E-state index >= 15 is 0 Å². The molecule has 0 saturated carbocycles. The monoisotopic (exact) mass is 439 g/mol. The van der Waals surface area contributed by atoms with Gasteiger partial charge in [-0.15, -0.1) is 11.3 Å². The maximum Gasteiger partial charge on any atom is 0.348 e. The molecule has 0 aliphatic rings. The Balaban J connectivity index is 2.55. The Morgan fingerprint density at radius 1 is 1.21 bits per heavy atom. The van der Waals surface area contributed by atoms with Crippen LogP contribution in [0.15, 0.2) is 24.3 Å². The Morgan fingerprint density at radius 3 is 2.43 bits per heavy atom. The minimum absolute atomic E-state index is 0.0369. The maximum atomic E-state index is 13.0. The molecule has 0 radical (unpaired) electrons. The van der Waals surface area contributed by atoms with Crippen LogP contribution in [-0.2, 0) is 0 Å². The van der Waals surface area contributed by atoms with Gasteiger partial charge in [0, 0.05) is 17.0 Å². The number of aromatic carboxylic acids is 1. The first-order valence-electron chi connectivity index (χ1n) is 8.31. The standard InChI is InChI=1S/C20H19Cl2NO4S/c1-20(2,3)7-6-13-11-16(17(28-13)19(26)27)23(8-9-24)18(25)14-5-4-12(21)10-15(14)22/h4-5,10-11,24H,8-9H2,1-3H3,(H,26,27). The molecule has 8 heteroatoms. The SMILES string of the molecule is CC(C)(C)C#Cc1cc(N(CCO)C(=O)c2ccc(Cl)cc2Cl)c(C(=O)O)s1. The fraction of sp³-hybridized carbons (Fsp3) is 0.300. The quantitative estimate of drug-likeness (QED) is 0.656. The van der Waals surface area contributed by atoms with Crippen LogP contribution < -0.4 is 4.90 Å². The molecule has 2 rings (SSSR count). The molecular weight excluding hydrogens is 421 g/mol. The van der Waals surface area contributed by atoms with Crippen molar-refractivity contribution < 1.29 is 19.8 Å². The van der Waals surface area contributed by atoms with Crippen molar-refractivity contribution in [1.29, 1.82) is 0 Å². The second-order valence-electron chi connectivity index (χ2n) is 6.93. The van der Waals surface area contributed by atoms with Gasteiger partial charge in [0.25, 0.3) is 5.91 Å². The van der Waals surface area contributed by atoms with Crippen molar-refractivity contribution in [3.8, 4) is 11.8 Å². The summed E-state index contributed by atoms with van der Waals surface area (Å²) in [5.41, 5.74) is 0.0653. The minimum Gasteiger partial charge on any atom is -0.477 e. The van der Waals surface area contributed by atoms with Crippen LogP contribution in [-0.4, -0.2) is 35.2 Å². The molecule has 1 heterocycles.